The summed E-state index contributed by atoms with van der Waals surface area (Å²) in [5.41, 5.74) is 14.1. The molecule has 2 aromatic rings. The number of rotatable bonds is 5. The molecular weight excluding hydrogens is 390 g/mol. The van der Waals surface area contributed by atoms with E-state index < -0.39 is 0 Å². The zero-order valence-electron chi connectivity index (χ0n) is 16.3. The van der Waals surface area contributed by atoms with E-state index in [2.05, 4.69) is 20.2 Å². The molecule has 2 aromatic heterocycles. The molecule has 0 aromatic carbocycles. The molecule has 0 saturated carbocycles. The molecule has 1 amide bonds. The molecule has 0 aliphatic carbocycles. The first-order valence-electron chi connectivity index (χ1n) is 9.77. The van der Waals surface area contributed by atoms with Crippen LogP contribution in [-0.2, 0) is 9.53 Å². The van der Waals surface area contributed by atoms with Crippen LogP contribution in [0.1, 0.15) is 37.0 Å². The summed E-state index contributed by atoms with van der Waals surface area (Å²) in [4.78, 5) is 28.3. The van der Waals surface area contributed by atoms with Crippen molar-refractivity contribution in [2.24, 2.45) is 11.5 Å². The van der Waals surface area contributed by atoms with Crippen LogP contribution in [0, 0.1) is 0 Å². The van der Waals surface area contributed by atoms with Crippen molar-refractivity contribution >= 4 is 40.0 Å². The number of fused-ring (bicyclic) bond motifs is 1. The summed E-state index contributed by atoms with van der Waals surface area (Å²) in [6, 6.07) is -0.0992. The largest absolute Gasteiger partial charge is 0.396 e. The van der Waals surface area contributed by atoms with Gasteiger partial charge >= 0.3 is 0 Å². The van der Waals surface area contributed by atoms with Crippen LogP contribution in [-0.4, -0.2) is 52.7 Å². The molecule has 5 N–H and O–H groups in total. The third-order valence-corrected chi connectivity index (χ3v) is 6.15. The number of nitrogens with two attached hydrogens (primary N) is 2. The summed E-state index contributed by atoms with van der Waals surface area (Å²) in [7, 11) is 0. The zero-order chi connectivity index (χ0) is 20.4. The highest BCUT2D eigenvalue weighted by molar-refractivity contribution is 7.10. The molecule has 9 nitrogen and oxygen atoms in total. The van der Waals surface area contributed by atoms with E-state index in [1.165, 1.54) is 11.3 Å². The van der Waals surface area contributed by atoms with Crippen LogP contribution in [0.25, 0.3) is 11.3 Å². The number of hydrogen-bond acceptors (Lipinski definition) is 9. The van der Waals surface area contributed by atoms with Crippen LogP contribution in [0.5, 0.6) is 0 Å². The van der Waals surface area contributed by atoms with Crippen molar-refractivity contribution in [1.29, 1.82) is 0 Å². The summed E-state index contributed by atoms with van der Waals surface area (Å²) >= 11 is 1.44. The van der Waals surface area contributed by atoms with Crippen LogP contribution in [0.3, 0.4) is 0 Å². The minimum Gasteiger partial charge on any atom is -0.396 e. The third kappa shape index (κ3) is 3.70. The maximum absolute atomic E-state index is 12.7. The van der Waals surface area contributed by atoms with Crippen molar-refractivity contribution in [2.45, 2.75) is 38.3 Å². The molecule has 0 radical (unpaired) electrons. The average Bonchev–Trinajstić information content (AvgIpc) is 3.29. The van der Waals surface area contributed by atoms with Crippen molar-refractivity contribution in [3.8, 4) is 0 Å². The van der Waals surface area contributed by atoms with Crippen molar-refractivity contribution in [3.63, 3.8) is 0 Å². The van der Waals surface area contributed by atoms with Gasteiger partial charge in [0.15, 0.2) is 11.6 Å². The van der Waals surface area contributed by atoms with E-state index in [0.29, 0.717) is 53.2 Å². The molecular formula is C19H25N7O2S. The van der Waals surface area contributed by atoms with E-state index in [4.69, 9.17) is 21.2 Å². The summed E-state index contributed by atoms with van der Waals surface area (Å²) in [6.07, 6.45) is 5.72. The number of nitrogens with one attached hydrogen (secondary N) is 1. The monoisotopic (exact) mass is 415 g/mol. The first-order chi connectivity index (χ1) is 14.1. The second kappa shape index (κ2) is 8.44. The van der Waals surface area contributed by atoms with Gasteiger partial charge in [-0.2, -0.15) is 0 Å². The Morgan fingerprint density at radius 1 is 1.38 bits per heavy atom. The molecule has 1 saturated heterocycles. The van der Waals surface area contributed by atoms with Gasteiger partial charge in [0.05, 0.1) is 11.9 Å². The number of anilines is 2. The molecule has 4 heterocycles. The Bertz CT molecular complexity index is 909. The van der Waals surface area contributed by atoms with Crippen molar-refractivity contribution in [3.05, 3.63) is 28.6 Å². The first kappa shape index (κ1) is 19.7. The number of thiazole rings is 1. The lowest BCUT2D eigenvalue weighted by Gasteiger charge is -2.43. The van der Waals surface area contributed by atoms with Crippen LogP contribution in [0.15, 0.2) is 17.8 Å². The van der Waals surface area contributed by atoms with Crippen LogP contribution in [0.2, 0.25) is 0 Å². The predicted molar refractivity (Wildman–Crippen MR) is 113 cm³/mol. The average molecular weight is 416 g/mol. The molecule has 0 spiro atoms. The standard InChI is InChI=1S/C19H25N7O2S/c1-2-14-18(27)24-13-10-23-16(12(9-20)15(21)19-22-5-8-29-19)25-17(13)26(14)11-3-6-28-7-4-11/h5,8,10-11,14H,2-4,6-7,9,20-21H2,1H3,(H,24,27)/b15-12+/t14-/m1/s1. The van der Waals surface area contributed by atoms with Gasteiger partial charge in [-0.3, -0.25) is 4.79 Å². The number of nitrogens with zero attached hydrogens (tertiary/aromatic N) is 4. The van der Waals surface area contributed by atoms with Crippen LogP contribution in [0.4, 0.5) is 11.5 Å². The Morgan fingerprint density at radius 2 is 2.17 bits per heavy atom. The molecule has 0 bridgehead atoms. The van der Waals surface area contributed by atoms with E-state index in [1.54, 1.807) is 12.4 Å². The Balaban J connectivity index is 1.79. The molecule has 2 aliphatic heterocycles. The number of aromatic nitrogens is 3. The van der Waals surface area contributed by atoms with E-state index in [9.17, 15) is 4.79 Å². The highest BCUT2D eigenvalue weighted by Crippen LogP contribution is 2.36. The Labute approximate surface area is 173 Å². The van der Waals surface area contributed by atoms with E-state index in [1.807, 2.05) is 12.3 Å². The molecule has 0 unspecified atom stereocenters. The number of hydrogen-bond donors (Lipinski definition) is 3. The first-order valence-corrected chi connectivity index (χ1v) is 10.6. The maximum Gasteiger partial charge on any atom is 0.247 e. The second-order valence-electron chi connectivity index (χ2n) is 7.03. The molecule has 4 rings (SSSR count). The lowest BCUT2D eigenvalue weighted by atomic mass is 10.0. The van der Waals surface area contributed by atoms with Crippen molar-refractivity contribution in [2.75, 3.05) is 30.0 Å². The van der Waals surface area contributed by atoms with Gasteiger partial charge in [0.25, 0.3) is 0 Å². The van der Waals surface area contributed by atoms with Gasteiger partial charge in [-0.25, -0.2) is 15.0 Å². The van der Waals surface area contributed by atoms with Gasteiger partial charge in [-0.05, 0) is 19.3 Å². The second-order valence-corrected chi connectivity index (χ2v) is 7.92. The molecule has 1 fully saturated rings. The fraction of sp³-hybridized carbons (Fsp3) is 0.474. The minimum absolute atomic E-state index is 0.0280. The van der Waals surface area contributed by atoms with E-state index in [-0.39, 0.29) is 24.5 Å². The van der Waals surface area contributed by atoms with E-state index in [0.717, 1.165) is 12.8 Å². The van der Waals surface area contributed by atoms with Crippen molar-refractivity contribution in [1.82, 2.24) is 15.0 Å². The summed E-state index contributed by atoms with van der Waals surface area (Å²) in [6.45, 7) is 3.55. The summed E-state index contributed by atoms with van der Waals surface area (Å²) in [5.74, 6) is 1.15. The highest BCUT2D eigenvalue weighted by atomic mass is 32.1. The van der Waals surface area contributed by atoms with Gasteiger partial charge in [0.1, 0.15) is 16.7 Å². The summed E-state index contributed by atoms with van der Waals surface area (Å²) < 4.78 is 5.52. The topological polar surface area (TPSA) is 132 Å². The lowest BCUT2D eigenvalue weighted by Crippen LogP contribution is -2.54. The predicted octanol–water partition coefficient (Wildman–Crippen LogP) is 1.43. The Morgan fingerprint density at radius 3 is 2.83 bits per heavy atom. The van der Waals surface area contributed by atoms with E-state index >= 15 is 0 Å². The molecule has 1 atom stereocenters. The summed E-state index contributed by atoms with van der Waals surface area (Å²) in [5, 5.41) is 5.49. The maximum atomic E-state index is 12.7. The van der Waals surface area contributed by atoms with Crippen LogP contribution < -0.4 is 21.7 Å². The molecule has 2 aliphatic rings. The number of carbonyl (C=O) groups is 1. The minimum atomic E-state index is -0.282. The number of ether oxygens (including phenoxy) is 1. The fourth-order valence-corrected chi connectivity index (χ4v) is 4.50. The Kier molecular flexibility index (Phi) is 5.74. The zero-order valence-corrected chi connectivity index (χ0v) is 17.1. The molecule has 29 heavy (non-hydrogen) atoms. The van der Waals surface area contributed by atoms with Crippen LogP contribution >= 0.6 is 11.3 Å². The van der Waals surface area contributed by atoms with Crippen molar-refractivity contribution < 1.29 is 9.53 Å². The SMILES string of the molecule is CC[C@@H]1C(=O)Nc2cnc(/C(CN)=C(/N)c3nccs3)nc2N1C1CCOCC1. The fourth-order valence-electron chi connectivity index (χ4n) is 3.87. The Hall–Kier alpha value is -2.56. The van der Waals surface area contributed by atoms with Gasteiger partial charge in [0.2, 0.25) is 5.91 Å². The highest BCUT2D eigenvalue weighted by Gasteiger charge is 2.38. The quantitative estimate of drug-likeness (QED) is 0.668. The van der Waals surface area contributed by atoms with Gasteiger partial charge in [-0.15, -0.1) is 11.3 Å². The lowest BCUT2D eigenvalue weighted by molar-refractivity contribution is -0.118. The third-order valence-electron chi connectivity index (χ3n) is 5.34. The molecule has 10 heteroatoms. The number of amides is 1. The van der Waals surface area contributed by atoms with Gasteiger partial charge < -0.3 is 26.4 Å². The normalized spacial score (nSPS) is 20.8. The van der Waals surface area contributed by atoms with Gasteiger partial charge in [0, 0.05) is 43.0 Å². The number of carbonyl (C=O) groups excluding carboxylic acids is 1. The van der Waals surface area contributed by atoms with Gasteiger partial charge in [-0.1, -0.05) is 6.92 Å². The molecule has 154 valence electrons. The smallest absolute Gasteiger partial charge is 0.247 e.